The molecule has 1 N–H and O–H groups in total. The molecule has 0 rings (SSSR count). The lowest BCUT2D eigenvalue weighted by Crippen LogP contribution is -1.99. The second-order valence-corrected chi connectivity index (χ2v) is 2.82. The molecule has 0 unspecified atom stereocenters. The fraction of sp³-hybridized carbons (Fsp3) is 0.636. The lowest BCUT2D eigenvalue weighted by molar-refractivity contribution is 0.236. The normalized spacial score (nSPS) is 11.5. The van der Waals surface area contributed by atoms with Gasteiger partial charge in [-0.05, 0) is 6.42 Å². The van der Waals surface area contributed by atoms with E-state index in [2.05, 4.69) is 25.3 Å². The highest BCUT2D eigenvalue weighted by molar-refractivity contribution is 5.05. The first-order chi connectivity index (χ1) is 5.81. The van der Waals surface area contributed by atoms with Gasteiger partial charge in [0.05, 0.1) is 0 Å². The third-order valence-corrected chi connectivity index (χ3v) is 1.56. The van der Waals surface area contributed by atoms with Crippen LogP contribution in [0.25, 0.3) is 0 Å². The van der Waals surface area contributed by atoms with Crippen LogP contribution in [0.4, 0.5) is 0 Å². The number of hydrogen-bond acceptors (Lipinski definition) is 1. The van der Waals surface area contributed by atoms with Gasteiger partial charge in [0, 0.05) is 12.8 Å². The molecule has 0 aliphatic carbocycles. The number of aliphatic hydroxyl groups excluding tert-OH is 1. The summed E-state index contributed by atoms with van der Waals surface area (Å²) in [4.78, 5) is 0. The average Bonchev–Trinajstić information content (AvgIpc) is 2.05. The summed E-state index contributed by atoms with van der Waals surface area (Å²) in [5, 5.41) is 9.16. The van der Waals surface area contributed by atoms with Crippen LogP contribution in [0.2, 0.25) is 0 Å². The molecule has 1 heteroatoms. The first kappa shape index (κ1) is 11.3. The SMILES string of the molecule is C=CC[C@H](O)C#CCCCCC. The van der Waals surface area contributed by atoms with Crippen LogP contribution in [0.3, 0.4) is 0 Å². The Morgan fingerprint density at radius 3 is 2.83 bits per heavy atom. The zero-order valence-electron chi connectivity index (χ0n) is 7.84. The van der Waals surface area contributed by atoms with Gasteiger partial charge >= 0.3 is 0 Å². The van der Waals surface area contributed by atoms with Gasteiger partial charge in [0.25, 0.3) is 0 Å². The van der Waals surface area contributed by atoms with Crippen LogP contribution in [0.1, 0.15) is 39.0 Å². The molecule has 12 heavy (non-hydrogen) atoms. The highest BCUT2D eigenvalue weighted by Gasteiger charge is 1.91. The predicted molar refractivity (Wildman–Crippen MR) is 52.7 cm³/mol. The van der Waals surface area contributed by atoms with E-state index in [0.29, 0.717) is 6.42 Å². The van der Waals surface area contributed by atoms with E-state index in [9.17, 15) is 0 Å². The van der Waals surface area contributed by atoms with E-state index in [4.69, 9.17) is 5.11 Å². The van der Waals surface area contributed by atoms with Crippen molar-refractivity contribution in [2.45, 2.75) is 45.1 Å². The first-order valence-corrected chi connectivity index (χ1v) is 4.58. The van der Waals surface area contributed by atoms with Crippen LogP contribution in [0, 0.1) is 11.8 Å². The maximum Gasteiger partial charge on any atom is 0.118 e. The number of rotatable bonds is 5. The van der Waals surface area contributed by atoms with E-state index in [0.717, 1.165) is 12.8 Å². The topological polar surface area (TPSA) is 20.2 Å². The summed E-state index contributed by atoms with van der Waals surface area (Å²) in [7, 11) is 0. The molecule has 0 heterocycles. The molecular weight excluding hydrogens is 148 g/mol. The Balaban J connectivity index is 3.37. The van der Waals surface area contributed by atoms with Gasteiger partial charge in [0.1, 0.15) is 6.10 Å². The fourth-order valence-corrected chi connectivity index (χ4v) is 0.870. The maximum absolute atomic E-state index is 9.16. The Morgan fingerprint density at radius 2 is 2.25 bits per heavy atom. The lowest BCUT2D eigenvalue weighted by Gasteiger charge is -1.95. The van der Waals surface area contributed by atoms with Crippen molar-refractivity contribution in [3.63, 3.8) is 0 Å². The van der Waals surface area contributed by atoms with Gasteiger partial charge in [-0.25, -0.2) is 0 Å². The van der Waals surface area contributed by atoms with Crippen molar-refractivity contribution >= 4 is 0 Å². The minimum Gasteiger partial charge on any atom is -0.380 e. The highest BCUT2D eigenvalue weighted by atomic mass is 16.3. The molecule has 0 aromatic heterocycles. The molecule has 0 radical (unpaired) electrons. The third-order valence-electron chi connectivity index (χ3n) is 1.56. The van der Waals surface area contributed by atoms with E-state index in [1.807, 2.05) is 0 Å². The predicted octanol–water partition coefficient (Wildman–Crippen LogP) is 2.51. The molecular formula is C11H18O. The summed E-state index contributed by atoms with van der Waals surface area (Å²) in [5.41, 5.74) is 0. The quantitative estimate of drug-likeness (QED) is 0.378. The summed E-state index contributed by atoms with van der Waals surface area (Å²) in [6.07, 6.45) is 6.24. The third kappa shape index (κ3) is 7.37. The highest BCUT2D eigenvalue weighted by Crippen LogP contribution is 1.97. The Morgan fingerprint density at radius 1 is 1.50 bits per heavy atom. The second kappa shape index (κ2) is 8.36. The summed E-state index contributed by atoms with van der Waals surface area (Å²) < 4.78 is 0. The minimum absolute atomic E-state index is 0.510. The second-order valence-electron chi connectivity index (χ2n) is 2.82. The molecule has 0 aromatic carbocycles. The maximum atomic E-state index is 9.16. The fourth-order valence-electron chi connectivity index (χ4n) is 0.870. The largest absolute Gasteiger partial charge is 0.380 e. The number of unbranched alkanes of at least 4 members (excludes halogenated alkanes) is 3. The van der Waals surface area contributed by atoms with E-state index in [-0.39, 0.29) is 0 Å². The molecule has 1 atom stereocenters. The summed E-state index contributed by atoms with van der Waals surface area (Å²) >= 11 is 0. The summed E-state index contributed by atoms with van der Waals surface area (Å²) in [6.45, 7) is 5.70. The molecule has 0 bridgehead atoms. The van der Waals surface area contributed by atoms with E-state index in [1.54, 1.807) is 6.08 Å². The molecule has 68 valence electrons. The molecule has 0 spiro atoms. The molecule has 0 saturated heterocycles. The monoisotopic (exact) mass is 166 g/mol. The molecule has 0 fully saturated rings. The summed E-state index contributed by atoms with van der Waals surface area (Å²) in [5.74, 6) is 5.73. The van der Waals surface area contributed by atoms with Crippen LogP contribution < -0.4 is 0 Å². The van der Waals surface area contributed by atoms with Gasteiger partial charge in [-0.15, -0.1) is 12.5 Å². The minimum atomic E-state index is -0.510. The van der Waals surface area contributed by atoms with Crippen LogP contribution in [0.15, 0.2) is 12.7 Å². The van der Waals surface area contributed by atoms with E-state index in [1.165, 1.54) is 12.8 Å². The van der Waals surface area contributed by atoms with Crippen molar-refractivity contribution in [2.24, 2.45) is 0 Å². The standard InChI is InChI=1S/C11H18O/c1-3-5-6-7-8-10-11(12)9-4-2/h4,11-12H,2-3,5-7,9H2,1H3/t11-/m0/s1. The van der Waals surface area contributed by atoms with Crippen molar-refractivity contribution in [3.05, 3.63) is 12.7 Å². The van der Waals surface area contributed by atoms with Gasteiger partial charge in [-0.1, -0.05) is 31.8 Å². The summed E-state index contributed by atoms with van der Waals surface area (Å²) in [6, 6.07) is 0. The lowest BCUT2D eigenvalue weighted by atomic mass is 10.2. The van der Waals surface area contributed by atoms with Crippen molar-refractivity contribution in [2.75, 3.05) is 0 Å². The number of aliphatic hydroxyl groups is 1. The number of hydrogen-bond donors (Lipinski definition) is 1. The van der Waals surface area contributed by atoms with E-state index < -0.39 is 6.10 Å². The van der Waals surface area contributed by atoms with Crippen molar-refractivity contribution in [1.82, 2.24) is 0 Å². The van der Waals surface area contributed by atoms with Crippen molar-refractivity contribution in [3.8, 4) is 11.8 Å². The van der Waals surface area contributed by atoms with Crippen molar-refractivity contribution in [1.29, 1.82) is 0 Å². The van der Waals surface area contributed by atoms with Gasteiger partial charge in [-0.3, -0.25) is 0 Å². The Kier molecular flexibility index (Phi) is 7.84. The Bertz CT molecular complexity index is 162. The van der Waals surface area contributed by atoms with Gasteiger partial charge in [0.2, 0.25) is 0 Å². The molecule has 0 aliphatic heterocycles. The van der Waals surface area contributed by atoms with Gasteiger partial charge in [0.15, 0.2) is 0 Å². The average molecular weight is 166 g/mol. The molecule has 0 saturated carbocycles. The zero-order valence-corrected chi connectivity index (χ0v) is 7.84. The van der Waals surface area contributed by atoms with Crippen molar-refractivity contribution < 1.29 is 5.11 Å². The zero-order chi connectivity index (χ0) is 9.23. The first-order valence-electron chi connectivity index (χ1n) is 4.58. The smallest absolute Gasteiger partial charge is 0.118 e. The van der Waals surface area contributed by atoms with Gasteiger partial charge < -0.3 is 5.11 Å². The molecule has 0 amide bonds. The van der Waals surface area contributed by atoms with Crippen LogP contribution >= 0.6 is 0 Å². The van der Waals surface area contributed by atoms with Crippen LogP contribution in [-0.2, 0) is 0 Å². The molecule has 1 nitrogen and oxygen atoms in total. The Labute approximate surface area is 75.5 Å². The van der Waals surface area contributed by atoms with Crippen LogP contribution in [0.5, 0.6) is 0 Å². The van der Waals surface area contributed by atoms with Crippen LogP contribution in [-0.4, -0.2) is 11.2 Å². The molecule has 0 aliphatic rings. The van der Waals surface area contributed by atoms with E-state index >= 15 is 0 Å². The van der Waals surface area contributed by atoms with Gasteiger partial charge in [-0.2, -0.15) is 0 Å². The molecule has 0 aromatic rings. The Hall–Kier alpha value is -0.740.